The van der Waals surface area contributed by atoms with E-state index in [9.17, 15) is 27.2 Å². The Morgan fingerprint density at radius 3 is 2.39 bits per heavy atom. The van der Waals surface area contributed by atoms with Gasteiger partial charge in [-0.25, -0.2) is 8.78 Å². The fourth-order valence-corrected chi connectivity index (χ4v) is 1.81. The zero-order valence-corrected chi connectivity index (χ0v) is 9.92. The van der Waals surface area contributed by atoms with E-state index in [0.29, 0.717) is 4.90 Å². The first-order valence-corrected chi connectivity index (χ1v) is 5.40. The fraction of sp³-hybridized carbons (Fsp3) is 0.800. The van der Waals surface area contributed by atoms with Gasteiger partial charge in [-0.2, -0.15) is 8.78 Å². The van der Waals surface area contributed by atoms with Crippen LogP contribution in [0.15, 0.2) is 0 Å². The Balaban J connectivity index is 2.94. The van der Waals surface area contributed by atoms with Gasteiger partial charge in [-0.3, -0.25) is 9.59 Å². The molecule has 0 aromatic heterocycles. The number of halogens is 4. The molecule has 4 nitrogen and oxygen atoms in total. The minimum Gasteiger partial charge on any atom is -0.345 e. The second kappa shape index (κ2) is 5.11. The molecule has 1 aliphatic heterocycles. The van der Waals surface area contributed by atoms with E-state index in [-0.39, 0.29) is 0 Å². The van der Waals surface area contributed by atoms with Gasteiger partial charge >= 0.3 is 12.3 Å². The van der Waals surface area contributed by atoms with E-state index in [1.54, 1.807) is 13.8 Å². The van der Waals surface area contributed by atoms with Crippen molar-refractivity contribution in [3.05, 3.63) is 0 Å². The number of alkyl halides is 4. The standard InChI is InChI=1S/C10H14F4N2O2/c1-5(2)7-8(18)15-3-6(17)16(7)4-10(13,14)9(11)12/h5,7,9H,3-4H2,1-2H3,(H,15,18). The van der Waals surface area contributed by atoms with E-state index < -0.39 is 49.2 Å². The predicted octanol–water partition coefficient (Wildman–Crippen LogP) is 0.870. The SMILES string of the molecule is CC(C)C1C(=O)NCC(=O)N1CC(F)(F)C(F)F. The van der Waals surface area contributed by atoms with Crippen LogP contribution in [-0.2, 0) is 9.59 Å². The normalized spacial score (nSPS) is 21.8. The molecule has 0 radical (unpaired) electrons. The van der Waals surface area contributed by atoms with E-state index >= 15 is 0 Å². The van der Waals surface area contributed by atoms with Crippen LogP contribution in [0.1, 0.15) is 13.8 Å². The molecule has 0 aliphatic carbocycles. The van der Waals surface area contributed by atoms with Gasteiger partial charge in [0.15, 0.2) is 0 Å². The molecular weight excluding hydrogens is 256 g/mol. The Bertz CT molecular complexity index is 347. The highest BCUT2D eigenvalue weighted by Crippen LogP contribution is 2.27. The van der Waals surface area contributed by atoms with Crippen LogP contribution >= 0.6 is 0 Å². The van der Waals surface area contributed by atoms with Crippen molar-refractivity contribution in [1.29, 1.82) is 0 Å². The minimum absolute atomic E-state index is 0.442. The van der Waals surface area contributed by atoms with E-state index in [4.69, 9.17) is 0 Å². The summed E-state index contributed by atoms with van der Waals surface area (Å²) >= 11 is 0. The van der Waals surface area contributed by atoms with Gasteiger partial charge in [-0.15, -0.1) is 0 Å². The smallest absolute Gasteiger partial charge is 0.324 e. The van der Waals surface area contributed by atoms with Crippen molar-refractivity contribution in [1.82, 2.24) is 10.2 Å². The average Bonchev–Trinajstić information content (AvgIpc) is 2.22. The predicted molar refractivity (Wildman–Crippen MR) is 54.3 cm³/mol. The third kappa shape index (κ3) is 2.91. The molecule has 0 spiro atoms. The molecule has 1 rings (SSSR count). The average molecular weight is 270 g/mol. The van der Waals surface area contributed by atoms with Gasteiger partial charge in [-0.1, -0.05) is 13.8 Å². The van der Waals surface area contributed by atoms with Crippen LogP contribution in [0.25, 0.3) is 0 Å². The number of nitrogens with one attached hydrogen (secondary N) is 1. The lowest BCUT2D eigenvalue weighted by Crippen LogP contribution is -2.63. The molecule has 1 N–H and O–H groups in total. The summed E-state index contributed by atoms with van der Waals surface area (Å²) < 4.78 is 50.2. The van der Waals surface area contributed by atoms with Crippen molar-refractivity contribution >= 4 is 11.8 Å². The highest BCUT2D eigenvalue weighted by Gasteiger charge is 2.47. The summed E-state index contributed by atoms with van der Waals surface area (Å²) in [4.78, 5) is 23.5. The van der Waals surface area contributed by atoms with Crippen LogP contribution in [0, 0.1) is 5.92 Å². The van der Waals surface area contributed by atoms with Crippen molar-refractivity contribution in [2.24, 2.45) is 5.92 Å². The van der Waals surface area contributed by atoms with E-state index in [1.165, 1.54) is 0 Å². The lowest BCUT2D eigenvalue weighted by atomic mass is 9.99. The fourth-order valence-electron chi connectivity index (χ4n) is 1.81. The summed E-state index contributed by atoms with van der Waals surface area (Å²) in [6.45, 7) is 1.22. The molecule has 1 aliphatic rings. The molecule has 1 fully saturated rings. The Kier molecular flexibility index (Phi) is 4.18. The van der Waals surface area contributed by atoms with Gasteiger partial charge in [0.05, 0.1) is 13.1 Å². The van der Waals surface area contributed by atoms with Gasteiger partial charge in [0, 0.05) is 0 Å². The summed E-state index contributed by atoms with van der Waals surface area (Å²) in [5.41, 5.74) is 0. The monoisotopic (exact) mass is 270 g/mol. The Hall–Kier alpha value is -1.34. The zero-order valence-electron chi connectivity index (χ0n) is 9.92. The van der Waals surface area contributed by atoms with Crippen LogP contribution in [-0.4, -0.2) is 48.2 Å². The Labute approximate surface area is 101 Å². The van der Waals surface area contributed by atoms with Crippen LogP contribution in [0.4, 0.5) is 17.6 Å². The number of carbonyl (C=O) groups is 2. The van der Waals surface area contributed by atoms with Crippen LogP contribution in [0.2, 0.25) is 0 Å². The van der Waals surface area contributed by atoms with Gasteiger partial charge in [0.25, 0.3) is 0 Å². The van der Waals surface area contributed by atoms with E-state index in [2.05, 4.69) is 5.32 Å². The molecule has 1 saturated heterocycles. The highest BCUT2D eigenvalue weighted by atomic mass is 19.3. The summed E-state index contributed by atoms with van der Waals surface area (Å²) in [5.74, 6) is -6.15. The van der Waals surface area contributed by atoms with Gasteiger partial charge in [0.1, 0.15) is 6.04 Å². The molecule has 18 heavy (non-hydrogen) atoms. The molecule has 1 atom stereocenters. The van der Waals surface area contributed by atoms with Gasteiger partial charge < -0.3 is 10.2 Å². The number of nitrogens with zero attached hydrogens (tertiary/aromatic N) is 1. The van der Waals surface area contributed by atoms with Gasteiger partial charge in [0.2, 0.25) is 11.8 Å². The first-order valence-electron chi connectivity index (χ1n) is 5.40. The quantitative estimate of drug-likeness (QED) is 0.771. The molecule has 8 heteroatoms. The molecule has 1 unspecified atom stereocenters. The third-order valence-corrected chi connectivity index (χ3v) is 2.67. The first-order chi connectivity index (χ1) is 8.16. The molecule has 2 amide bonds. The van der Waals surface area contributed by atoms with E-state index in [1.807, 2.05) is 0 Å². The number of carbonyl (C=O) groups excluding carboxylic acids is 2. The molecule has 0 saturated carbocycles. The zero-order chi connectivity index (χ0) is 14.1. The summed E-state index contributed by atoms with van der Waals surface area (Å²) in [6.07, 6.45) is -3.87. The van der Waals surface area contributed by atoms with Crippen LogP contribution < -0.4 is 5.32 Å². The lowest BCUT2D eigenvalue weighted by Gasteiger charge is -2.38. The largest absolute Gasteiger partial charge is 0.345 e. The first kappa shape index (κ1) is 14.7. The number of rotatable bonds is 4. The summed E-state index contributed by atoms with van der Waals surface area (Å²) in [5, 5.41) is 2.25. The number of piperazine rings is 1. The van der Waals surface area contributed by atoms with Crippen LogP contribution in [0.3, 0.4) is 0 Å². The topological polar surface area (TPSA) is 49.4 Å². The Morgan fingerprint density at radius 1 is 1.39 bits per heavy atom. The van der Waals surface area contributed by atoms with Gasteiger partial charge in [-0.05, 0) is 5.92 Å². The molecule has 0 bridgehead atoms. The molecule has 0 aromatic carbocycles. The Morgan fingerprint density at radius 2 is 1.94 bits per heavy atom. The maximum Gasteiger partial charge on any atom is 0.324 e. The van der Waals surface area contributed by atoms with Crippen molar-refractivity contribution in [3.63, 3.8) is 0 Å². The van der Waals surface area contributed by atoms with Crippen molar-refractivity contribution in [3.8, 4) is 0 Å². The highest BCUT2D eigenvalue weighted by molar-refractivity contribution is 5.95. The minimum atomic E-state index is -4.32. The number of hydrogen-bond donors (Lipinski definition) is 1. The second-order valence-electron chi connectivity index (χ2n) is 4.49. The van der Waals surface area contributed by atoms with Crippen molar-refractivity contribution in [2.75, 3.05) is 13.1 Å². The summed E-state index contributed by atoms with van der Waals surface area (Å²) in [6, 6.07) is -1.14. The molecule has 0 aromatic rings. The third-order valence-electron chi connectivity index (χ3n) is 2.67. The van der Waals surface area contributed by atoms with Crippen LogP contribution in [0.5, 0.6) is 0 Å². The lowest BCUT2D eigenvalue weighted by molar-refractivity contribution is -0.169. The maximum atomic E-state index is 13.0. The summed E-state index contributed by atoms with van der Waals surface area (Å²) in [7, 11) is 0. The van der Waals surface area contributed by atoms with Crippen molar-refractivity contribution < 1.29 is 27.2 Å². The molecule has 104 valence electrons. The van der Waals surface area contributed by atoms with Crippen molar-refractivity contribution in [2.45, 2.75) is 32.2 Å². The number of amides is 2. The second-order valence-corrected chi connectivity index (χ2v) is 4.49. The number of hydrogen-bond acceptors (Lipinski definition) is 2. The maximum absolute atomic E-state index is 13.0. The van der Waals surface area contributed by atoms with E-state index in [0.717, 1.165) is 0 Å². The molecule has 1 heterocycles. The molecular formula is C10H14F4N2O2.